The van der Waals surface area contributed by atoms with Crippen LogP contribution in [-0.4, -0.2) is 46.1 Å². The molecule has 0 spiro atoms. The van der Waals surface area contributed by atoms with Gasteiger partial charge in [0.1, 0.15) is 0 Å². The molecule has 0 fully saturated rings. The number of hydrogen-bond acceptors (Lipinski definition) is 2. The molecular weight excluding hydrogens is 416 g/mol. The van der Waals surface area contributed by atoms with Crippen LogP contribution in [0.1, 0.15) is 12.8 Å². The highest BCUT2D eigenvalue weighted by molar-refractivity contribution is 5.23. The SMILES string of the molecule is C=CCC(CC=C)(C(O)(C(F)(F)F)C(F)(F)F)C(O)(C(F)(F)F)C(F)(F)F. The molecule has 0 heterocycles. The Kier molecular flexibility index (Phi) is 6.50. The molecule has 0 bridgehead atoms. The lowest BCUT2D eigenvalue weighted by Gasteiger charge is -2.55. The van der Waals surface area contributed by atoms with Crippen LogP contribution in [0.5, 0.6) is 0 Å². The molecule has 14 heteroatoms. The summed E-state index contributed by atoms with van der Waals surface area (Å²) in [5.74, 6) is 0. The maximum atomic E-state index is 13.2. The highest BCUT2D eigenvalue weighted by atomic mass is 19.4. The van der Waals surface area contributed by atoms with Crippen LogP contribution >= 0.6 is 0 Å². The summed E-state index contributed by atoms with van der Waals surface area (Å²) in [5, 5.41) is 18.8. The zero-order valence-electron chi connectivity index (χ0n) is 12.9. The van der Waals surface area contributed by atoms with E-state index in [1.165, 1.54) is 0 Å². The van der Waals surface area contributed by atoms with E-state index in [2.05, 4.69) is 13.2 Å². The first-order valence-electron chi connectivity index (χ1n) is 6.56. The van der Waals surface area contributed by atoms with Crippen molar-refractivity contribution >= 4 is 0 Å². The molecular formula is C13H12F12O2. The number of halogens is 12. The lowest BCUT2D eigenvalue weighted by atomic mass is 9.56. The molecule has 0 saturated carbocycles. The Hall–Kier alpha value is -1.44. The number of alkyl halides is 12. The van der Waals surface area contributed by atoms with Gasteiger partial charge in [-0.2, -0.15) is 52.7 Å². The van der Waals surface area contributed by atoms with Crippen LogP contribution in [0.25, 0.3) is 0 Å². The predicted octanol–water partition coefficient (Wildman–Crippen LogP) is 4.84. The van der Waals surface area contributed by atoms with Gasteiger partial charge < -0.3 is 10.2 Å². The minimum Gasteiger partial charge on any atom is -0.373 e. The summed E-state index contributed by atoms with van der Waals surface area (Å²) in [7, 11) is 0. The summed E-state index contributed by atoms with van der Waals surface area (Å²) in [4.78, 5) is 0. The first-order valence-corrected chi connectivity index (χ1v) is 6.56. The van der Waals surface area contributed by atoms with Crippen LogP contribution in [0, 0.1) is 5.41 Å². The third kappa shape index (κ3) is 3.41. The van der Waals surface area contributed by atoms with Gasteiger partial charge in [0.15, 0.2) is 0 Å². The molecule has 0 aromatic rings. The van der Waals surface area contributed by atoms with Crippen molar-refractivity contribution in [3.63, 3.8) is 0 Å². The minimum atomic E-state index is -7.11. The molecule has 0 radical (unpaired) electrons. The lowest BCUT2D eigenvalue weighted by molar-refractivity contribution is -0.475. The van der Waals surface area contributed by atoms with Crippen molar-refractivity contribution in [2.45, 2.75) is 48.7 Å². The summed E-state index contributed by atoms with van der Waals surface area (Å²) < 4.78 is 158. The van der Waals surface area contributed by atoms with Crippen LogP contribution < -0.4 is 0 Å². The Morgan fingerprint density at radius 1 is 0.519 bits per heavy atom. The standard InChI is InChI=1S/C13H12F12O2/c1-3-5-7(6-4-2,8(26,10(14,15)16)11(17,18)19)9(27,12(20,21)22)13(23,24)25/h3-4,26-27H,1-2,5-6H2. The van der Waals surface area contributed by atoms with Gasteiger partial charge in [0.05, 0.1) is 5.41 Å². The van der Waals surface area contributed by atoms with E-state index in [-0.39, 0.29) is 12.2 Å². The molecule has 0 amide bonds. The normalized spacial score (nSPS) is 15.6. The largest absolute Gasteiger partial charge is 0.426 e. The minimum absolute atomic E-state index is 0.144. The van der Waals surface area contributed by atoms with Gasteiger partial charge in [-0.05, 0) is 12.8 Å². The van der Waals surface area contributed by atoms with Gasteiger partial charge in [-0.1, -0.05) is 12.2 Å². The van der Waals surface area contributed by atoms with Crippen molar-refractivity contribution in [1.29, 1.82) is 0 Å². The fraction of sp³-hybridized carbons (Fsp3) is 0.692. The van der Waals surface area contributed by atoms with E-state index in [1.807, 2.05) is 0 Å². The summed E-state index contributed by atoms with van der Waals surface area (Å²) in [6.07, 6.45) is -33.5. The predicted molar refractivity (Wildman–Crippen MR) is 66.2 cm³/mol. The van der Waals surface area contributed by atoms with Crippen LogP contribution in [-0.2, 0) is 0 Å². The van der Waals surface area contributed by atoms with E-state index in [9.17, 15) is 62.9 Å². The fourth-order valence-corrected chi connectivity index (χ4v) is 2.84. The highest BCUT2D eigenvalue weighted by Crippen LogP contribution is 2.67. The zero-order chi connectivity index (χ0) is 22.3. The number of rotatable bonds is 6. The van der Waals surface area contributed by atoms with Crippen molar-refractivity contribution in [2.24, 2.45) is 5.41 Å². The summed E-state index contributed by atoms with van der Waals surface area (Å²) >= 11 is 0. The third-order valence-electron chi connectivity index (χ3n) is 4.01. The van der Waals surface area contributed by atoms with Gasteiger partial charge in [-0.15, -0.1) is 13.2 Å². The van der Waals surface area contributed by atoms with Gasteiger partial charge in [0.2, 0.25) is 0 Å². The molecule has 27 heavy (non-hydrogen) atoms. The maximum Gasteiger partial charge on any atom is 0.426 e. The number of allylic oxidation sites excluding steroid dienone is 2. The van der Waals surface area contributed by atoms with Crippen LogP contribution in [0.2, 0.25) is 0 Å². The van der Waals surface area contributed by atoms with Crippen LogP contribution in [0.15, 0.2) is 25.3 Å². The van der Waals surface area contributed by atoms with E-state index in [4.69, 9.17) is 0 Å². The highest BCUT2D eigenvalue weighted by Gasteiger charge is 2.91. The first-order chi connectivity index (χ1) is 11.6. The van der Waals surface area contributed by atoms with E-state index in [0.29, 0.717) is 0 Å². The summed E-state index contributed by atoms with van der Waals surface area (Å²) in [6, 6.07) is 0. The van der Waals surface area contributed by atoms with Gasteiger partial charge in [-0.25, -0.2) is 0 Å². The van der Waals surface area contributed by atoms with Crippen molar-refractivity contribution in [2.75, 3.05) is 0 Å². The van der Waals surface area contributed by atoms with E-state index < -0.39 is 54.2 Å². The monoisotopic (exact) mass is 428 g/mol. The van der Waals surface area contributed by atoms with Crippen LogP contribution in [0.4, 0.5) is 52.7 Å². The number of aliphatic hydroxyl groups is 2. The van der Waals surface area contributed by atoms with Crippen LogP contribution in [0.3, 0.4) is 0 Å². The van der Waals surface area contributed by atoms with E-state index in [0.717, 1.165) is 0 Å². The van der Waals surface area contributed by atoms with Crippen molar-refractivity contribution in [3.05, 3.63) is 25.3 Å². The Balaban J connectivity index is 7.74. The summed E-state index contributed by atoms with van der Waals surface area (Å²) in [6.45, 7) is 5.11. The van der Waals surface area contributed by atoms with Crippen molar-refractivity contribution in [1.82, 2.24) is 0 Å². The van der Waals surface area contributed by atoms with Gasteiger partial charge >= 0.3 is 24.7 Å². The van der Waals surface area contributed by atoms with Gasteiger partial charge in [0.25, 0.3) is 11.2 Å². The number of hydrogen-bond donors (Lipinski definition) is 2. The average molecular weight is 428 g/mol. The second-order valence-corrected chi connectivity index (χ2v) is 5.48. The first kappa shape index (κ1) is 25.6. The Morgan fingerprint density at radius 2 is 0.704 bits per heavy atom. The molecule has 160 valence electrons. The second-order valence-electron chi connectivity index (χ2n) is 5.48. The molecule has 0 aliphatic rings. The molecule has 0 atom stereocenters. The second kappa shape index (κ2) is 6.87. The molecule has 0 saturated heterocycles. The maximum absolute atomic E-state index is 13.2. The van der Waals surface area contributed by atoms with Gasteiger partial charge in [-0.3, -0.25) is 0 Å². The Morgan fingerprint density at radius 3 is 0.815 bits per heavy atom. The molecule has 0 aliphatic carbocycles. The molecule has 0 unspecified atom stereocenters. The Bertz CT molecular complexity index is 474. The lowest BCUT2D eigenvalue weighted by Crippen LogP contribution is -2.80. The molecule has 0 aliphatic heterocycles. The molecule has 0 aromatic heterocycles. The molecule has 0 rings (SSSR count). The average Bonchev–Trinajstić information content (AvgIpc) is 2.40. The Labute approximate surface area is 143 Å². The van der Waals surface area contributed by atoms with Gasteiger partial charge in [0, 0.05) is 0 Å². The topological polar surface area (TPSA) is 40.5 Å². The smallest absolute Gasteiger partial charge is 0.373 e. The fourth-order valence-electron chi connectivity index (χ4n) is 2.84. The summed E-state index contributed by atoms with van der Waals surface area (Å²) in [5.41, 5.74) is -18.7. The van der Waals surface area contributed by atoms with Crippen molar-refractivity contribution < 1.29 is 62.9 Å². The van der Waals surface area contributed by atoms with Crippen molar-refractivity contribution in [3.8, 4) is 0 Å². The molecule has 0 aromatic carbocycles. The molecule has 2 N–H and O–H groups in total. The molecule has 2 nitrogen and oxygen atoms in total. The zero-order valence-corrected chi connectivity index (χ0v) is 12.9. The quantitative estimate of drug-likeness (QED) is 0.470. The van der Waals surface area contributed by atoms with E-state index >= 15 is 0 Å². The third-order valence-corrected chi connectivity index (χ3v) is 4.01. The van der Waals surface area contributed by atoms with E-state index in [1.54, 1.807) is 0 Å².